The lowest BCUT2D eigenvalue weighted by atomic mass is 9.99. The first-order chi connectivity index (χ1) is 22.6. The lowest BCUT2D eigenvalue weighted by molar-refractivity contribution is -0.245. The zero-order valence-corrected chi connectivity index (χ0v) is 26.2. The molecule has 2 amide bonds. The van der Waals surface area contributed by atoms with E-state index in [0.29, 0.717) is 13.1 Å². The quantitative estimate of drug-likeness (QED) is 0.130. The van der Waals surface area contributed by atoms with Gasteiger partial charge >= 0.3 is 6.03 Å². The number of pyridine rings is 1. The maximum Gasteiger partial charge on any atom is 0.315 e. The van der Waals surface area contributed by atoms with E-state index >= 15 is 0 Å². The summed E-state index contributed by atoms with van der Waals surface area (Å²) >= 11 is 1.68. The van der Waals surface area contributed by atoms with Crippen molar-refractivity contribution in [1.29, 1.82) is 0 Å². The molecule has 234 valence electrons. The summed E-state index contributed by atoms with van der Waals surface area (Å²) in [5, 5.41) is 16.3. The third kappa shape index (κ3) is 8.62. The third-order valence-corrected chi connectivity index (χ3v) is 8.94. The molecule has 0 aliphatic carbocycles. The minimum Gasteiger partial charge on any atom is -0.392 e. The van der Waals surface area contributed by atoms with Crippen LogP contribution in [0.3, 0.4) is 0 Å². The molecule has 2 heterocycles. The highest BCUT2D eigenvalue weighted by Crippen LogP contribution is 2.39. The Kier molecular flexibility index (Phi) is 10.7. The smallest absolute Gasteiger partial charge is 0.315 e. The van der Waals surface area contributed by atoms with Crippen molar-refractivity contribution in [1.82, 2.24) is 15.6 Å². The highest BCUT2D eigenvalue weighted by Gasteiger charge is 2.32. The highest BCUT2D eigenvalue weighted by molar-refractivity contribution is 7.99. The second kappa shape index (κ2) is 15.7. The van der Waals surface area contributed by atoms with Crippen molar-refractivity contribution in [3.8, 4) is 11.1 Å². The molecule has 3 atom stereocenters. The van der Waals surface area contributed by atoms with E-state index < -0.39 is 6.29 Å². The van der Waals surface area contributed by atoms with Gasteiger partial charge < -0.3 is 25.2 Å². The molecule has 6 rings (SSSR count). The van der Waals surface area contributed by atoms with Crippen molar-refractivity contribution in [2.75, 3.05) is 5.75 Å². The summed E-state index contributed by atoms with van der Waals surface area (Å²) in [6.45, 7) is 0.916. The van der Waals surface area contributed by atoms with E-state index in [0.717, 1.165) is 56.1 Å². The van der Waals surface area contributed by atoms with Gasteiger partial charge in [-0.25, -0.2) is 9.78 Å². The molecular weight excluding hydrogens is 595 g/mol. The topological polar surface area (TPSA) is 92.7 Å². The second-order valence-corrected chi connectivity index (χ2v) is 12.2. The number of amides is 2. The molecule has 1 aromatic heterocycles. The molecule has 0 spiro atoms. The van der Waals surface area contributed by atoms with Gasteiger partial charge in [-0.1, -0.05) is 103 Å². The number of carbonyl (C=O) groups is 1. The molecule has 0 saturated carbocycles. The van der Waals surface area contributed by atoms with Gasteiger partial charge in [0.1, 0.15) is 0 Å². The Bertz CT molecular complexity index is 1690. The average Bonchev–Trinajstić information content (AvgIpc) is 3.13. The number of hydrogen-bond acceptors (Lipinski definition) is 6. The summed E-state index contributed by atoms with van der Waals surface area (Å²) in [6, 6.07) is 40.0. The fourth-order valence-electron chi connectivity index (χ4n) is 5.35. The first kappa shape index (κ1) is 31.5. The average molecular weight is 632 g/mol. The van der Waals surface area contributed by atoms with E-state index in [9.17, 15) is 9.90 Å². The van der Waals surface area contributed by atoms with Gasteiger partial charge in [0, 0.05) is 37.0 Å². The van der Waals surface area contributed by atoms with Gasteiger partial charge in [-0.2, -0.15) is 0 Å². The van der Waals surface area contributed by atoms with Crippen LogP contribution in [0.5, 0.6) is 0 Å². The zero-order chi connectivity index (χ0) is 31.6. The molecule has 1 aliphatic heterocycles. The van der Waals surface area contributed by atoms with Crippen LogP contribution >= 0.6 is 11.8 Å². The Labute approximate surface area is 274 Å². The number of aliphatic hydroxyl groups is 1. The van der Waals surface area contributed by atoms with Crippen molar-refractivity contribution in [3.05, 3.63) is 155 Å². The first-order valence-corrected chi connectivity index (χ1v) is 16.4. The van der Waals surface area contributed by atoms with Crippen LogP contribution in [-0.2, 0) is 29.2 Å². The first-order valence-electron chi connectivity index (χ1n) is 15.4. The van der Waals surface area contributed by atoms with E-state index in [1.165, 1.54) is 0 Å². The summed E-state index contributed by atoms with van der Waals surface area (Å²) in [5.41, 5.74) is 7.07. The molecule has 8 heteroatoms. The molecular formula is C38H37N3O4S. The molecule has 7 nitrogen and oxygen atoms in total. The molecule has 3 N–H and O–H groups in total. The van der Waals surface area contributed by atoms with E-state index in [-0.39, 0.29) is 24.8 Å². The summed E-state index contributed by atoms with van der Waals surface area (Å²) in [5.74, 6) is 0.755. The minimum absolute atomic E-state index is 0.0107. The van der Waals surface area contributed by atoms with E-state index in [1.54, 1.807) is 18.0 Å². The lowest BCUT2D eigenvalue weighted by Gasteiger charge is -2.36. The number of ether oxygens (including phenoxy) is 2. The summed E-state index contributed by atoms with van der Waals surface area (Å²) in [4.78, 5) is 16.8. The number of nitrogens with zero attached hydrogens (tertiary/aromatic N) is 1. The molecule has 46 heavy (non-hydrogen) atoms. The van der Waals surface area contributed by atoms with Crippen molar-refractivity contribution in [2.45, 2.75) is 49.6 Å². The number of carbonyl (C=O) groups excluding carboxylic acids is 1. The van der Waals surface area contributed by atoms with Crippen LogP contribution in [0.15, 0.2) is 133 Å². The fourth-order valence-corrected chi connectivity index (χ4v) is 6.23. The number of benzene rings is 4. The molecule has 5 aromatic rings. The van der Waals surface area contributed by atoms with Crippen LogP contribution in [0.2, 0.25) is 0 Å². The zero-order valence-electron chi connectivity index (χ0n) is 25.4. The number of nitrogens with one attached hydrogen (secondary N) is 2. The Morgan fingerprint density at radius 2 is 1.46 bits per heavy atom. The van der Waals surface area contributed by atoms with Gasteiger partial charge in [-0.05, 0) is 51.6 Å². The van der Waals surface area contributed by atoms with Gasteiger partial charge in [0.15, 0.2) is 6.29 Å². The van der Waals surface area contributed by atoms with Crippen LogP contribution in [0.25, 0.3) is 11.1 Å². The number of rotatable bonds is 11. The lowest BCUT2D eigenvalue weighted by Crippen LogP contribution is -2.34. The van der Waals surface area contributed by atoms with Gasteiger partial charge in [0.25, 0.3) is 0 Å². The van der Waals surface area contributed by atoms with Crippen LogP contribution < -0.4 is 10.6 Å². The predicted octanol–water partition coefficient (Wildman–Crippen LogP) is 7.58. The van der Waals surface area contributed by atoms with Crippen molar-refractivity contribution >= 4 is 17.8 Å². The van der Waals surface area contributed by atoms with Crippen molar-refractivity contribution in [3.63, 3.8) is 0 Å². The Morgan fingerprint density at radius 1 is 0.739 bits per heavy atom. The van der Waals surface area contributed by atoms with Crippen LogP contribution in [-0.4, -0.2) is 28.0 Å². The summed E-state index contributed by atoms with van der Waals surface area (Å²) < 4.78 is 13.0. The SMILES string of the molecule is O=C(NCc1ccccc1)NCc1cccc(-c2ccc([C@@H]3O[C@H](CSc4ccccn4)C[C@H](c4ccc(CO)cc4)O3)cc2)c1. The van der Waals surface area contributed by atoms with Gasteiger partial charge in [0.05, 0.1) is 23.8 Å². The Morgan fingerprint density at radius 3 is 2.20 bits per heavy atom. The predicted molar refractivity (Wildman–Crippen MR) is 181 cm³/mol. The van der Waals surface area contributed by atoms with Gasteiger partial charge in [-0.3, -0.25) is 0 Å². The standard InChI is InChI=1S/C38H37N3O4S/c42-25-28-12-14-31(15-13-28)35-22-34(26-46-36-11-4-5-20-39-36)44-37(45-35)32-18-16-30(17-19-32)33-10-6-9-29(21-33)24-41-38(43)40-23-27-7-2-1-3-8-27/h1-21,34-35,37,42H,22-26H2,(H2,40,41,43)/t34-,35+,37+/m0/s1. The van der Waals surface area contributed by atoms with Crippen LogP contribution in [0, 0.1) is 0 Å². The maximum atomic E-state index is 12.4. The maximum absolute atomic E-state index is 12.4. The van der Waals surface area contributed by atoms with Crippen LogP contribution in [0.4, 0.5) is 4.79 Å². The molecule has 1 saturated heterocycles. The van der Waals surface area contributed by atoms with Crippen molar-refractivity contribution in [2.24, 2.45) is 0 Å². The normalized spacial score (nSPS) is 17.7. The Hall–Kier alpha value is -4.47. The molecule has 0 radical (unpaired) electrons. The van der Waals surface area contributed by atoms with E-state index in [1.807, 2.05) is 84.9 Å². The van der Waals surface area contributed by atoms with Crippen LogP contribution in [0.1, 0.15) is 46.6 Å². The largest absolute Gasteiger partial charge is 0.392 e. The second-order valence-electron chi connectivity index (χ2n) is 11.2. The fraction of sp³-hybridized carbons (Fsp3) is 0.211. The van der Waals surface area contributed by atoms with Gasteiger partial charge in [-0.15, -0.1) is 11.8 Å². The number of thioether (sulfide) groups is 1. The monoisotopic (exact) mass is 631 g/mol. The van der Waals surface area contributed by atoms with E-state index in [2.05, 4.69) is 52.0 Å². The molecule has 4 aromatic carbocycles. The van der Waals surface area contributed by atoms with Gasteiger partial charge in [0.2, 0.25) is 0 Å². The Balaban J connectivity index is 1.11. The summed E-state index contributed by atoms with van der Waals surface area (Å²) in [7, 11) is 0. The minimum atomic E-state index is -0.524. The van der Waals surface area contributed by atoms with E-state index in [4.69, 9.17) is 9.47 Å². The molecule has 1 aliphatic rings. The molecule has 1 fully saturated rings. The summed E-state index contributed by atoms with van der Waals surface area (Å²) in [6.07, 6.45) is 1.82. The van der Waals surface area contributed by atoms with Crippen molar-refractivity contribution < 1.29 is 19.4 Å². The highest BCUT2D eigenvalue weighted by atomic mass is 32.2. The number of aliphatic hydroxyl groups excluding tert-OH is 1. The molecule has 0 unspecified atom stereocenters. The number of hydrogen-bond donors (Lipinski definition) is 3. The number of urea groups is 1. The third-order valence-electron chi connectivity index (χ3n) is 7.86. The number of aromatic nitrogens is 1. The molecule has 0 bridgehead atoms.